The second-order valence-corrected chi connectivity index (χ2v) is 7.93. The van der Waals surface area contributed by atoms with E-state index in [2.05, 4.69) is 10.3 Å². The van der Waals surface area contributed by atoms with Crippen LogP contribution in [0.4, 0.5) is 4.79 Å². The minimum Gasteiger partial charge on any atom is -0.477 e. The highest BCUT2D eigenvalue weighted by Gasteiger charge is 2.29. The molecule has 0 spiro atoms. The number of rotatable bonds is 6. The lowest BCUT2D eigenvalue weighted by atomic mass is 10.0. The number of hydrogen-bond donors (Lipinski definition) is 2. The second kappa shape index (κ2) is 7.74. The Bertz CT molecular complexity index is 631. The molecule has 0 radical (unpaired) electrons. The van der Waals surface area contributed by atoms with Crippen molar-refractivity contribution in [3.8, 4) is 0 Å². The number of amides is 1. The van der Waals surface area contributed by atoms with E-state index in [1.54, 1.807) is 20.8 Å². The topological polar surface area (TPSA) is 106 Å². The van der Waals surface area contributed by atoms with Gasteiger partial charge in [0.25, 0.3) is 0 Å². The number of ether oxygens (including phenoxy) is 1. The van der Waals surface area contributed by atoms with Gasteiger partial charge in [-0.2, -0.15) is 0 Å². The average Bonchev–Trinajstić information content (AvgIpc) is 2.76. The molecule has 0 aliphatic heterocycles. The van der Waals surface area contributed by atoms with Gasteiger partial charge in [-0.05, 0) is 40.0 Å². The van der Waals surface area contributed by atoms with Gasteiger partial charge in [-0.25, -0.2) is 14.6 Å². The quantitative estimate of drug-likeness (QED) is 0.758. The number of alkyl carbamates (subject to hydrolysis) is 1. The predicted octanol–water partition coefficient (Wildman–Crippen LogP) is 3.27. The van der Waals surface area contributed by atoms with Gasteiger partial charge in [0.05, 0.1) is 11.7 Å². The lowest BCUT2D eigenvalue weighted by Crippen LogP contribution is -2.44. The van der Waals surface area contributed by atoms with Gasteiger partial charge in [-0.3, -0.25) is 4.79 Å². The number of nitrogens with one attached hydrogen (secondary N) is 1. The Morgan fingerprint density at radius 2 is 1.88 bits per heavy atom. The van der Waals surface area contributed by atoms with Crippen LogP contribution in [0.5, 0.6) is 0 Å². The Morgan fingerprint density at radius 1 is 1.29 bits per heavy atom. The first kappa shape index (κ1) is 20.1. The molecule has 1 aromatic heterocycles. The highest BCUT2D eigenvalue weighted by molar-refractivity contribution is 7.15. The minimum atomic E-state index is -1.12. The summed E-state index contributed by atoms with van der Waals surface area (Å²) in [5.74, 6) is -1.38. The number of carbonyl (C=O) groups is 3. The summed E-state index contributed by atoms with van der Waals surface area (Å²) in [5, 5.41) is 11.7. The number of carbonyl (C=O) groups excluding carboxylic acids is 2. The van der Waals surface area contributed by atoms with Crippen molar-refractivity contribution in [3.05, 3.63) is 15.6 Å². The Morgan fingerprint density at radius 3 is 2.29 bits per heavy atom. The normalized spacial score (nSPS) is 12.8. The maximum absolute atomic E-state index is 12.7. The van der Waals surface area contributed by atoms with Crippen molar-refractivity contribution < 1.29 is 24.2 Å². The smallest absolute Gasteiger partial charge is 0.408 e. The van der Waals surface area contributed by atoms with Crippen molar-refractivity contribution in [2.24, 2.45) is 5.92 Å². The summed E-state index contributed by atoms with van der Waals surface area (Å²) in [6.45, 7) is 10.6. The van der Waals surface area contributed by atoms with E-state index < -0.39 is 29.5 Å². The molecule has 1 atom stereocenters. The molecule has 7 nitrogen and oxygen atoms in total. The van der Waals surface area contributed by atoms with E-state index in [-0.39, 0.29) is 21.5 Å². The monoisotopic (exact) mass is 356 g/mol. The van der Waals surface area contributed by atoms with E-state index in [0.29, 0.717) is 6.42 Å². The molecule has 1 rings (SSSR count). The summed E-state index contributed by atoms with van der Waals surface area (Å²) in [7, 11) is 0. The predicted molar refractivity (Wildman–Crippen MR) is 90.8 cm³/mol. The standard InChI is InChI=1S/C16H24N2O5S/c1-8(2)7-10(18-15(22)23-16(4,5)6)11(19)13-17-9(3)12(24-13)14(20)21/h8,10H,7H2,1-6H3,(H,18,22)(H,20,21)/t10-/m0/s1. The number of aryl methyl sites for hydroxylation is 1. The molecule has 0 saturated carbocycles. The molecule has 8 heteroatoms. The van der Waals surface area contributed by atoms with Crippen LogP contribution in [-0.2, 0) is 4.74 Å². The third kappa shape index (κ3) is 5.92. The first-order chi connectivity index (χ1) is 10.9. The highest BCUT2D eigenvalue weighted by Crippen LogP contribution is 2.21. The molecular weight excluding hydrogens is 332 g/mol. The van der Waals surface area contributed by atoms with Crippen LogP contribution in [-0.4, -0.2) is 39.6 Å². The number of carboxylic acid groups (broad SMARTS) is 1. The fourth-order valence-corrected chi connectivity index (χ4v) is 2.90. The maximum Gasteiger partial charge on any atom is 0.408 e. The minimum absolute atomic E-state index is 0.0268. The lowest BCUT2D eigenvalue weighted by molar-refractivity contribution is 0.0484. The van der Waals surface area contributed by atoms with Gasteiger partial charge in [0, 0.05) is 0 Å². The number of carboxylic acids is 1. The number of Topliss-reactive ketones (excluding diaryl/α,β-unsaturated/α-hetero) is 1. The highest BCUT2D eigenvalue weighted by atomic mass is 32.1. The Balaban J connectivity index is 2.99. The Labute approximate surface area is 145 Å². The maximum atomic E-state index is 12.7. The molecule has 24 heavy (non-hydrogen) atoms. The number of ketones is 1. The average molecular weight is 356 g/mol. The number of aromatic nitrogens is 1. The summed E-state index contributed by atoms with van der Waals surface area (Å²) in [6, 6.07) is -0.813. The van der Waals surface area contributed by atoms with E-state index in [1.165, 1.54) is 6.92 Å². The van der Waals surface area contributed by atoms with Crippen LogP contribution in [0.2, 0.25) is 0 Å². The summed E-state index contributed by atoms with van der Waals surface area (Å²) >= 11 is 0.819. The number of aromatic carboxylic acids is 1. The van der Waals surface area contributed by atoms with Crippen molar-refractivity contribution in [1.82, 2.24) is 10.3 Å². The van der Waals surface area contributed by atoms with Crippen LogP contribution < -0.4 is 5.32 Å². The molecule has 2 N–H and O–H groups in total. The van der Waals surface area contributed by atoms with Gasteiger partial charge in [0.1, 0.15) is 10.5 Å². The third-order valence-electron chi connectivity index (χ3n) is 2.92. The summed E-state index contributed by atoms with van der Waals surface area (Å²) in [6.07, 6.45) is -0.285. The number of hydrogen-bond acceptors (Lipinski definition) is 6. The molecule has 0 aliphatic carbocycles. The SMILES string of the molecule is Cc1nc(C(=O)[C@H](CC(C)C)NC(=O)OC(C)(C)C)sc1C(=O)O. The molecule has 0 saturated heterocycles. The van der Waals surface area contributed by atoms with E-state index in [1.807, 2.05) is 13.8 Å². The zero-order valence-electron chi connectivity index (χ0n) is 14.8. The molecule has 0 bridgehead atoms. The number of thiazole rings is 1. The van der Waals surface area contributed by atoms with Crippen molar-refractivity contribution in [1.29, 1.82) is 0 Å². The van der Waals surface area contributed by atoms with Crippen LogP contribution in [0.15, 0.2) is 0 Å². The van der Waals surface area contributed by atoms with Crippen LogP contribution in [0, 0.1) is 12.8 Å². The van der Waals surface area contributed by atoms with E-state index in [4.69, 9.17) is 9.84 Å². The van der Waals surface area contributed by atoms with Gasteiger partial charge < -0.3 is 15.2 Å². The molecule has 0 aliphatic rings. The van der Waals surface area contributed by atoms with Crippen LogP contribution in [0.25, 0.3) is 0 Å². The van der Waals surface area contributed by atoms with E-state index >= 15 is 0 Å². The van der Waals surface area contributed by atoms with E-state index in [0.717, 1.165) is 11.3 Å². The first-order valence-corrected chi connectivity index (χ1v) is 8.46. The molecule has 1 amide bonds. The number of nitrogens with zero attached hydrogens (tertiary/aromatic N) is 1. The van der Waals surface area contributed by atoms with Crippen LogP contribution >= 0.6 is 11.3 Å². The molecular formula is C16H24N2O5S. The summed E-state index contributed by atoms with van der Waals surface area (Å²) < 4.78 is 5.19. The Kier molecular flexibility index (Phi) is 6.48. The lowest BCUT2D eigenvalue weighted by Gasteiger charge is -2.23. The molecule has 0 unspecified atom stereocenters. The Hall–Kier alpha value is -1.96. The zero-order valence-corrected chi connectivity index (χ0v) is 15.6. The van der Waals surface area contributed by atoms with Crippen LogP contribution in [0.1, 0.15) is 66.2 Å². The van der Waals surface area contributed by atoms with Gasteiger partial charge in [-0.1, -0.05) is 13.8 Å². The second-order valence-electron chi connectivity index (χ2n) is 6.93. The molecule has 134 valence electrons. The third-order valence-corrected chi connectivity index (χ3v) is 4.08. The largest absolute Gasteiger partial charge is 0.477 e. The van der Waals surface area contributed by atoms with Crippen molar-refractivity contribution >= 4 is 29.2 Å². The molecule has 0 fully saturated rings. The van der Waals surface area contributed by atoms with Gasteiger partial charge in [0.2, 0.25) is 5.78 Å². The van der Waals surface area contributed by atoms with Gasteiger partial charge in [-0.15, -0.1) is 11.3 Å². The van der Waals surface area contributed by atoms with Gasteiger partial charge >= 0.3 is 12.1 Å². The van der Waals surface area contributed by atoms with E-state index in [9.17, 15) is 14.4 Å². The fraction of sp³-hybridized carbons (Fsp3) is 0.625. The fourth-order valence-electron chi connectivity index (χ4n) is 2.00. The van der Waals surface area contributed by atoms with Crippen molar-refractivity contribution in [2.45, 2.75) is 59.6 Å². The summed E-state index contributed by atoms with van der Waals surface area (Å²) in [5.41, 5.74) is -0.388. The molecule has 0 aromatic carbocycles. The molecule has 1 heterocycles. The van der Waals surface area contributed by atoms with Crippen molar-refractivity contribution in [3.63, 3.8) is 0 Å². The van der Waals surface area contributed by atoms with Crippen molar-refractivity contribution in [2.75, 3.05) is 0 Å². The zero-order chi connectivity index (χ0) is 18.7. The first-order valence-electron chi connectivity index (χ1n) is 7.65. The molecule has 1 aromatic rings. The summed E-state index contributed by atoms with van der Waals surface area (Å²) in [4.78, 5) is 39.8. The van der Waals surface area contributed by atoms with Gasteiger partial charge in [0.15, 0.2) is 5.01 Å². The van der Waals surface area contributed by atoms with Crippen LogP contribution in [0.3, 0.4) is 0 Å².